The lowest BCUT2D eigenvalue weighted by atomic mass is 10.2. The Labute approximate surface area is 122 Å². The molecule has 1 aromatic carbocycles. The molecule has 1 unspecified atom stereocenters. The van der Waals surface area contributed by atoms with Crippen molar-refractivity contribution in [3.63, 3.8) is 0 Å². The molecule has 1 aromatic heterocycles. The molecule has 1 aliphatic rings. The van der Waals surface area contributed by atoms with Gasteiger partial charge in [-0.15, -0.1) is 11.8 Å². The quantitative estimate of drug-likeness (QED) is 0.829. The van der Waals surface area contributed by atoms with Gasteiger partial charge in [-0.05, 0) is 37.3 Å². The van der Waals surface area contributed by atoms with Gasteiger partial charge in [0, 0.05) is 4.90 Å². The van der Waals surface area contributed by atoms with Crippen molar-refractivity contribution in [2.75, 3.05) is 0 Å². The van der Waals surface area contributed by atoms with E-state index in [1.54, 1.807) is 11.8 Å². The van der Waals surface area contributed by atoms with Crippen molar-refractivity contribution in [1.82, 2.24) is 10.1 Å². The highest BCUT2D eigenvalue weighted by Crippen LogP contribution is 2.33. The summed E-state index contributed by atoms with van der Waals surface area (Å²) >= 11 is 1.70. The fraction of sp³-hybridized carbons (Fsp3) is 0.467. The maximum Gasteiger partial charge on any atom is 0.229 e. The lowest BCUT2D eigenvalue weighted by Gasteiger charge is -2.03. The molecule has 1 N–H and O–H groups in total. The van der Waals surface area contributed by atoms with Crippen molar-refractivity contribution in [3.8, 4) is 0 Å². The minimum atomic E-state index is -0.327. The molecule has 106 valence electrons. The van der Waals surface area contributed by atoms with E-state index in [2.05, 4.69) is 29.2 Å². The van der Waals surface area contributed by atoms with Crippen LogP contribution in [0.2, 0.25) is 0 Å². The van der Waals surface area contributed by atoms with E-state index in [1.165, 1.54) is 10.5 Å². The van der Waals surface area contributed by atoms with Crippen LogP contribution in [0, 0.1) is 12.8 Å². The van der Waals surface area contributed by atoms with Crippen molar-refractivity contribution in [3.05, 3.63) is 41.5 Å². The van der Waals surface area contributed by atoms with Crippen LogP contribution in [0.4, 0.5) is 0 Å². The number of hydrogen-bond acceptors (Lipinski definition) is 5. The molecule has 5 heteroatoms. The number of aryl methyl sites for hydroxylation is 1. The predicted molar refractivity (Wildman–Crippen MR) is 77.5 cm³/mol. The molecular weight excluding hydrogens is 272 g/mol. The number of nitrogens with zero attached hydrogens (tertiary/aromatic N) is 2. The summed E-state index contributed by atoms with van der Waals surface area (Å²) in [5.41, 5.74) is 1.25. The largest absolute Gasteiger partial charge is 0.392 e. The molecule has 0 radical (unpaired) electrons. The van der Waals surface area contributed by atoms with Crippen LogP contribution >= 0.6 is 11.8 Å². The Balaban J connectivity index is 1.55. The number of aliphatic hydroxyl groups is 1. The van der Waals surface area contributed by atoms with Crippen LogP contribution in [0.3, 0.4) is 0 Å². The number of rotatable bonds is 6. The summed E-state index contributed by atoms with van der Waals surface area (Å²) < 4.78 is 5.20. The first kappa shape index (κ1) is 13.6. The van der Waals surface area contributed by atoms with E-state index in [0.717, 1.165) is 12.8 Å². The minimum absolute atomic E-state index is 0.327. The first-order valence-electron chi connectivity index (χ1n) is 6.90. The molecule has 0 amide bonds. The van der Waals surface area contributed by atoms with Crippen LogP contribution in [-0.4, -0.2) is 21.4 Å². The average Bonchev–Trinajstić information content (AvgIpc) is 3.20. The molecule has 0 bridgehead atoms. The Morgan fingerprint density at radius 1 is 1.40 bits per heavy atom. The third kappa shape index (κ3) is 3.41. The molecule has 1 fully saturated rings. The summed E-state index contributed by atoms with van der Waals surface area (Å²) in [4.78, 5) is 5.58. The van der Waals surface area contributed by atoms with Crippen molar-refractivity contribution in [2.45, 2.75) is 42.9 Å². The zero-order valence-corrected chi connectivity index (χ0v) is 12.3. The molecule has 3 rings (SSSR count). The smallest absolute Gasteiger partial charge is 0.229 e. The molecule has 0 saturated heterocycles. The highest BCUT2D eigenvalue weighted by molar-refractivity contribution is 7.98. The summed E-state index contributed by atoms with van der Waals surface area (Å²) in [6, 6.07) is 8.25. The molecule has 0 aliphatic heterocycles. The van der Waals surface area contributed by atoms with Crippen LogP contribution < -0.4 is 0 Å². The van der Waals surface area contributed by atoms with Crippen LogP contribution in [0.1, 0.15) is 30.1 Å². The van der Waals surface area contributed by atoms with Gasteiger partial charge in [0.05, 0.1) is 18.3 Å². The first-order chi connectivity index (χ1) is 9.72. The summed E-state index contributed by atoms with van der Waals surface area (Å²) in [5, 5.41) is 13.8. The van der Waals surface area contributed by atoms with Gasteiger partial charge in [-0.25, -0.2) is 0 Å². The van der Waals surface area contributed by atoms with E-state index >= 15 is 0 Å². The van der Waals surface area contributed by atoms with E-state index in [9.17, 15) is 5.11 Å². The molecular formula is C15H18N2O2S. The standard InChI is InChI=1S/C15H18N2O2S/c1-10-4-2-3-5-13(10)20-9-14-16-15(19-17-14)8-12(18)11-6-7-11/h2-5,11-12,18H,6-9H2,1H3. The number of aromatic nitrogens is 2. The zero-order chi connectivity index (χ0) is 13.9. The van der Waals surface area contributed by atoms with Crippen LogP contribution in [0.15, 0.2) is 33.7 Å². The first-order valence-corrected chi connectivity index (χ1v) is 7.89. The van der Waals surface area contributed by atoms with Gasteiger partial charge in [-0.3, -0.25) is 0 Å². The second-order valence-corrected chi connectivity index (χ2v) is 6.28. The van der Waals surface area contributed by atoms with Gasteiger partial charge < -0.3 is 9.63 Å². The summed E-state index contributed by atoms with van der Waals surface area (Å²) in [5.74, 6) is 2.36. The van der Waals surface area contributed by atoms with Crippen molar-refractivity contribution >= 4 is 11.8 Å². The van der Waals surface area contributed by atoms with Crippen LogP contribution in [-0.2, 0) is 12.2 Å². The summed E-state index contributed by atoms with van der Waals surface area (Å²) in [7, 11) is 0. The fourth-order valence-electron chi connectivity index (χ4n) is 2.12. The average molecular weight is 290 g/mol. The topological polar surface area (TPSA) is 59.2 Å². The van der Waals surface area contributed by atoms with Gasteiger partial charge in [0.25, 0.3) is 0 Å². The Kier molecular flexibility index (Phi) is 4.08. The van der Waals surface area contributed by atoms with E-state index in [1.807, 2.05) is 12.1 Å². The second kappa shape index (κ2) is 5.97. The predicted octanol–water partition coefficient (Wildman–Crippen LogP) is 2.98. The zero-order valence-electron chi connectivity index (χ0n) is 11.5. The van der Waals surface area contributed by atoms with Crippen molar-refractivity contribution < 1.29 is 9.63 Å². The van der Waals surface area contributed by atoms with E-state index in [4.69, 9.17) is 4.52 Å². The van der Waals surface area contributed by atoms with E-state index in [-0.39, 0.29) is 6.10 Å². The van der Waals surface area contributed by atoms with Crippen LogP contribution in [0.25, 0.3) is 0 Å². The molecule has 1 atom stereocenters. The monoisotopic (exact) mass is 290 g/mol. The number of aliphatic hydroxyl groups excluding tert-OH is 1. The Bertz CT molecular complexity index is 581. The third-order valence-corrected chi connectivity index (χ3v) is 4.68. The van der Waals surface area contributed by atoms with Crippen molar-refractivity contribution in [1.29, 1.82) is 0 Å². The normalized spacial score (nSPS) is 16.3. The maximum atomic E-state index is 9.86. The molecule has 20 heavy (non-hydrogen) atoms. The lowest BCUT2D eigenvalue weighted by molar-refractivity contribution is 0.140. The highest BCUT2D eigenvalue weighted by atomic mass is 32.2. The molecule has 2 aromatic rings. The van der Waals surface area contributed by atoms with Gasteiger partial charge in [0.15, 0.2) is 5.82 Å². The van der Waals surface area contributed by atoms with Crippen LogP contribution in [0.5, 0.6) is 0 Å². The number of benzene rings is 1. The van der Waals surface area contributed by atoms with E-state index in [0.29, 0.717) is 29.8 Å². The number of thioether (sulfide) groups is 1. The lowest BCUT2D eigenvalue weighted by Crippen LogP contribution is -2.12. The molecule has 1 heterocycles. The number of hydrogen-bond donors (Lipinski definition) is 1. The van der Waals surface area contributed by atoms with Crippen molar-refractivity contribution in [2.24, 2.45) is 5.92 Å². The Morgan fingerprint density at radius 2 is 2.20 bits per heavy atom. The maximum absolute atomic E-state index is 9.86. The molecule has 4 nitrogen and oxygen atoms in total. The van der Waals surface area contributed by atoms with Gasteiger partial charge in [-0.2, -0.15) is 4.98 Å². The fourth-order valence-corrected chi connectivity index (χ4v) is 2.99. The summed E-state index contributed by atoms with van der Waals surface area (Å²) in [6.45, 7) is 2.09. The summed E-state index contributed by atoms with van der Waals surface area (Å²) in [6.07, 6.45) is 2.39. The highest BCUT2D eigenvalue weighted by Gasteiger charge is 2.31. The van der Waals surface area contributed by atoms with Gasteiger partial charge in [0.1, 0.15) is 0 Å². The molecule has 1 saturated carbocycles. The molecule has 0 spiro atoms. The minimum Gasteiger partial charge on any atom is -0.392 e. The second-order valence-electron chi connectivity index (χ2n) is 5.27. The Morgan fingerprint density at radius 3 is 2.95 bits per heavy atom. The van der Waals surface area contributed by atoms with Gasteiger partial charge in [-0.1, -0.05) is 23.4 Å². The van der Waals surface area contributed by atoms with E-state index < -0.39 is 0 Å². The Hall–Kier alpha value is -1.33. The molecule has 1 aliphatic carbocycles. The van der Waals surface area contributed by atoms with Gasteiger partial charge >= 0.3 is 0 Å². The third-order valence-electron chi connectivity index (χ3n) is 3.51. The SMILES string of the molecule is Cc1ccccc1SCc1noc(CC(O)C2CC2)n1. The van der Waals surface area contributed by atoms with Gasteiger partial charge in [0.2, 0.25) is 5.89 Å².